The van der Waals surface area contributed by atoms with Crippen molar-refractivity contribution in [1.82, 2.24) is 0 Å². The topological polar surface area (TPSA) is 9.23 Å². The Bertz CT molecular complexity index is 190. The van der Waals surface area contributed by atoms with Gasteiger partial charge in [-0.05, 0) is 12.8 Å². The highest BCUT2D eigenvalue weighted by Gasteiger charge is 2.36. The van der Waals surface area contributed by atoms with Crippen LogP contribution < -0.4 is 0 Å². The largest absolute Gasteiger partial charge is 0.380 e. The molecule has 0 atom stereocenters. The Hall–Kier alpha value is -0.0400. The van der Waals surface area contributed by atoms with Crippen LogP contribution in [0.1, 0.15) is 104 Å². The molecule has 0 unspecified atom stereocenters. The molecule has 0 aliphatic carbocycles. The van der Waals surface area contributed by atoms with Crippen molar-refractivity contribution in [2.75, 3.05) is 13.2 Å². The normalized spacial score (nSPS) is 17.1. The van der Waals surface area contributed by atoms with E-state index in [1.54, 1.807) is 0 Å². The van der Waals surface area contributed by atoms with E-state index in [4.69, 9.17) is 4.74 Å². The molecule has 1 aliphatic rings. The summed E-state index contributed by atoms with van der Waals surface area (Å²) in [5, 5.41) is 0. The predicted octanol–water partition coefficient (Wildman–Crippen LogP) is 6.50. The monoisotopic (exact) mass is 282 g/mol. The molecule has 120 valence electrons. The zero-order valence-electron chi connectivity index (χ0n) is 14.2. The van der Waals surface area contributed by atoms with Gasteiger partial charge in [0, 0.05) is 5.41 Å². The molecule has 0 spiro atoms. The van der Waals surface area contributed by atoms with Gasteiger partial charge in [-0.1, -0.05) is 90.9 Å². The first-order chi connectivity index (χ1) is 9.83. The summed E-state index contributed by atoms with van der Waals surface area (Å²) < 4.78 is 5.53. The van der Waals surface area contributed by atoms with Crippen molar-refractivity contribution >= 4 is 0 Å². The smallest absolute Gasteiger partial charge is 0.0544 e. The van der Waals surface area contributed by atoms with Crippen LogP contribution in [0, 0.1) is 5.41 Å². The van der Waals surface area contributed by atoms with Gasteiger partial charge in [-0.3, -0.25) is 0 Å². The third-order valence-corrected chi connectivity index (χ3v) is 4.94. The summed E-state index contributed by atoms with van der Waals surface area (Å²) in [6.07, 6.45) is 19.9. The molecule has 1 rings (SSSR count). The van der Waals surface area contributed by atoms with E-state index in [0.29, 0.717) is 5.41 Å². The van der Waals surface area contributed by atoms with Crippen molar-refractivity contribution in [2.45, 2.75) is 104 Å². The Morgan fingerprint density at radius 3 is 1.35 bits per heavy atom. The van der Waals surface area contributed by atoms with Crippen molar-refractivity contribution in [3.63, 3.8) is 0 Å². The number of ether oxygens (including phenoxy) is 1. The van der Waals surface area contributed by atoms with Gasteiger partial charge in [0.25, 0.3) is 0 Å². The Balaban J connectivity index is 1.98. The molecule has 0 saturated carbocycles. The number of unbranched alkanes of at least 4 members (excludes halogenated alkanes) is 10. The maximum absolute atomic E-state index is 5.53. The molecule has 0 aromatic rings. The van der Waals surface area contributed by atoms with E-state index in [-0.39, 0.29) is 0 Å². The van der Waals surface area contributed by atoms with Crippen molar-refractivity contribution in [3.8, 4) is 0 Å². The van der Waals surface area contributed by atoms with Crippen molar-refractivity contribution < 1.29 is 4.74 Å². The molecule has 1 fully saturated rings. The second kappa shape index (κ2) is 11.6. The van der Waals surface area contributed by atoms with Crippen LogP contribution in [0.2, 0.25) is 0 Å². The van der Waals surface area contributed by atoms with Gasteiger partial charge < -0.3 is 4.74 Å². The van der Waals surface area contributed by atoms with Gasteiger partial charge in [0.15, 0.2) is 0 Å². The number of rotatable bonds is 14. The lowest BCUT2D eigenvalue weighted by atomic mass is 9.76. The Labute approximate surface area is 127 Å². The van der Waals surface area contributed by atoms with Crippen molar-refractivity contribution in [3.05, 3.63) is 0 Å². The number of hydrogen-bond donors (Lipinski definition) is 0. The van der Waals surface area contributed by atoms with Gasteiger partial charge in [-0.15, -0.1) is 0 Å². The standard InChI is InChI=1S/C19H38O/c1-3-5-7-9-11-13-15-19(17-20-18-19)16-14-12-10-8-6-4-2/h3-18H2,1-2H3. The molecule has 0 N–H and O–H groups in total. The van der Waals surface area contributed by atoms with Gasteiger partial charge in [0.2, 0.25) is 0 Å². The van der Waals surface area contributed by atoms with E-state index in [1.165, 1.54) is 89.9 Å². The molecule has 0 amide bonds. The van der Waals surface area contributed by atoms with Crippen LogP contribution in [0.5, 0.6) is 0 Å². The lowest BCUT2D eigenvalue weighted by Crippen LogP contribution is -2.42. The lowest BCUT2D eigenvalue weighted by Gasteiger charge is -2.42. The van der Waals surface area contributed by atoms with E-state index < -0.39 is 0 Å². The van der Waals surface area contributed by atoms with Gasteiger partial charge in [-0.2, -0.15) is 0 Å². The fourth-order valence-corrected chi connectivity index (χ4v) is 3.37. The zero-order chi connectivity index (χ0) is 14.5. The Morgan fingerprint density at radius 1 is 0.600 bits per heavy atom. The van der Waals surface area contributed by atoms with Gasteiger partial charge in [-0.25, -0.2) is 0 Å². The van der Waals surface area contributed by atoms with Gasteiger partial charge in [0.05, 0.1) is 13.2 Å². The summed E-state index contributed by atoms with van der Waals surface area (Å²) in [5.74, 6) is 0. The van der Waals surface area contributed by atoms with Crippen LogP contribution in [0.4, 0.5) is 0 Å². The van der Waals surface area contributed by atoms with E-state index >= 15 is 0 Å². The molecule has 0 bridgehead atoms. The molecule has 0 aromatic heterocycles. The van der Waals surface area contributed by atoms with E-state index in [9.17, 15) is 0 Å². The molecular formula is C19H38O. The molecule has 1 saturated heterocycles. The van der Waals surface area contributed by atoms with E-state index in [1.807, 2.05) is 0 Å². The van der Waals surface area contributed by atoms with Gasteiger partial charge >= 0.3 is 0 Å². The van der Waals surface area contributed by atoms with Crippen LogP contribution in [-0.2, 0) is 4.74 Å². The SMILES string of the molecule is CCCCCCCCC1(CCCCCCCC)COC1. The third kappa shape index (κ3) is 7.67. The van der Waals surface area contributed by atoms with Crippen LogP contribution >= 0.6 is 0 Å². The predicted molar refractivity (Wildman–Crippen MR) is 89.2 cm³/mol. The third-order valence-electron chi connectivity index (χ3n) is 4.94. The highest BCUT2D eigenvalue weighted by Crippen LogP contribution is 2.38. The fraction of sp³-hybridized carbons (Fsp3) is 1.00. The van der Waals surface area contributed by atoms with E-state index in [0.717, 1.165) is 13.2 Å². The maximum atomic E-state index is 5.53. The average molecular weight is 283 g/mol. The molecule has 20 heavy (non-hydrogen) atoms. The first-order valence-electron chi connectivity index (χ1n) is 9.41. The molecule has 0 radical (unpaired) electrons. The quantitative estimate of drug-likeness (QED) is 0.330. The minimum atomic E-state index is 0.593. The number of hydrogen-bond acceptors (Lipinski definition) is 1. The minimum absolute atomic E-state index is 0.593. The highest BCUT2D eigenvalue weighted by atomic mass is 16.5. The first kappa shape index (κ1) is 18.0. The first-order valence-corrected chi connectivity index (χ1v) is 9.41. The summed E-state index contributed by atoms with van der Waals surface area (Å²) in [6.45, 7) is 6.69. The average Bonchev–Trinajstić information content (AvgIpc) is 2.42. The summed E-state index contributed by atoms with van der Waals surface area (Å²) in [7, 11) is 0. The van der Waals surface area contributed by atoms with Crippen LogP contribution in [0.25, 0.3) is 0 Å². The van der Waals surface area contributed by atoms with E-state index in [2.05, 4.69) is 13.8 Å². The summed E-state index contributed by atoms with van der Waals surface area (Å²) >= 11 is 0. The summed E-state index contributed by atoms with van der Waals surface area (Å²) in [4.78, 5) is 0. The maximum Gasteiger partial charge on any atom is 0.0544 e. The highest BCUT2D eigenvalue weighted by molar-refractivity contribution is 4.85. The van der Waals surface area contributed by atoms with Crippen molar-refractivity contribution in [1.29, 1.82) is 0 Å². The molecule has 1 nitrogen and oxygen atoms in total. The van der Waals surface area contributed by atoms with Gasteiger partial charge in [0.1, 0.15) is 0 Å². The molecule has 0 aromatic carbocycles. The van der Waals surface area contributed by atoms with Crippen LogP contribution in [-0.4, -0.2) is 13.2 Å². The second-order valence-electron chi connectivity index (χ2n) is 7.03. The van der Waals surface area contributed by atoms with Crippen molar-refractivity contribution in [2.24, 2.45) is 5.41 Å². The Morgan fingerprint density at radius 2 is 1.00 bits per heavy atom. The molecule has 1 heteroatoms. The van der Waals surface area contributed by atoms with Crippen LogP contribution in [0.3, 0.4) is 0 Å². The summed E-state index contributed by atoms with van der Waals surface area (Å²) in [5.41, 5.74) is 0.593. The minimum Gasteiger partial charge on any atom is -0.380 e. The molecule has 1 aliphatic heterocycles. The summed E-state index contributed by atoms with van der Waals surface area (Å²) in [6, 6.07) is 0. The Kier molecular flexibility index (Phi) is 10.4. The molecule has 1 heterocycles. The van der Waals surface area contributed by atoms with Crippen LogP contribution in [0.15, 0.2) is 0 Å². The lowest BCUT2D eigenvalue weighted by molar-refractivity contribution is -0.123. The zero-order valence-corrected chi connectivity index (χ0v) is 14.2. The fourth-order valence-electron chi connectivity index (χ4n) is 3.37. The second-order valence-corrected chi connectivity index (χ2v) is 7.03. The molecular weight excluding hydrogens is 244 g/mol.